The van der Waals surface area contributed by atoms with Gasteiger partial charge < -0.3 is 5.11 Å². The zero-order valence-electron chi connectivity index (χ0n) is 14.4. The van der Waals surface area contributed by atoms with E-state index in [-0.39, 0.29) is 17.8 Å². The Balaban J connectivity index is 1.96. The molecule has 0 spiro atoms. The third-order valence-electron chi connectivity index (χ3n) is 6.57. The fourth-order valence-corrected chi connectivity index (χ4v) is 5.08. The Morgan fingerprint density at radius 2 is 1.74 bits per heavy atom. The van der Waals surface area contributed by atoms with Crippen LogP contribution in [0, 0.1) is 23.2 Å². The maximum Gasteiger partial charge on any atom is 0.306 e. The summed E-state index contributed by atoms with van der Waals surface area (Å²) in [6.45, 7) is 2.21. The number of alkyl halides is 2. The van der Waals surface area contributed by atoms with Crippen LogP contribution in [0.4, 0.5) is 8.78 Å². The van der Waals surface area contributed by atoms with Gasteiger partial charge in [-0.3, -0.25) is 4.79 Å². The molecule has 0 unspecified atom stereocenters. The molecule has 4 heteroatoms. The summed E-state index contributed by atoms with van der Waals surface area (Å²) in [6.07, 6.45) is 8.51. The van der Waals surface area contributed by atoms with Crippen molar-refractivity contribution in [3.63, 3.8) is 0 Å². The highest BCUT2D eigenvalue weighted by molar-refractivity contribution is 5.70. The van der Waals surface area contributed by atoms with Crippen LogP contribution < -0.4 is 0 Å². The van der Waals surface area contributed by atoms with Crippen molar-refractivity contribution in [1.82, 2.24) is 0 Å². The van der Waals surface area contributed by atoms with Gasteiger partial charge in [-0.1, -0.05) is 39.0 Å². The highest BCUT2D eigenvalue weighted by atomic mass is 19.3. The van der Waals surface area contributed by atoms with Crippen molar-refractivity contribution in [3.05, 3.63) is 0 Å². The lowest BCUT2D eigenvalue weighted by molar-refractivity contribution is -0.144. The molecule has 2 nitrogen and oxygen atoms in total. The molecule has 0 heterocycles. The van der Waals surface area contributed by atoms with Crippen LogP contribution in [0.25, 0.3) is 0 Å². The van der Waals surface area contributed by atoms with E-state index in [4.69, 9.17) is 5.11 Å². The molecule has 2 fully saturated rings. The number of carbonyl (C=O) groups is 1. The van der Waals surface area contributed by atoms with Crippen molar-refractivity contribution in [2.45, 2.75) is 90.4 Å². The van der Waals surface area contributed by atoms with Crippen molar-refractivity contribution in [3.8, 4) is 0 Å². The molecule has 23 heavy (non-hydrogen) atoms. The molecule has 0 bridgehead atoms. The van der Waals surface area contributed by atoms with Gasteiger partial charge in [0, 0.05) is 6.42 Å². The topological polar surface area (TPSA) is 37.3 Å². The van der Waals surface area contributed by atoms with Gasteiger partial charge in [0.2, 0.25) is 6.43 Å². The van der Waals surface area contributed by atoms with Gasteiger partial charge in [-0.05, 0) is 55.8 Å². The molecule has 2 aliphatic carbocycles. The normalized spacial score (nSPS) is 35.4. The van der Waals surface area contributed by atoms with E-state index in [0.717, 1.165) is 18.8 Å². The Kier molecular flexibility index (Phi) is 6.84. The van der Waals surface area contributed by atoms with E-state index in [9.17, 15) is 13.6 Å². The Morgan fingerprint density at radius 3 is 2.22 bits per heavy atom. The molecule has 0 amide bonds. The van der Waals surface area contributed by atoms with Crippen molar-refractivity contribution < 1.29 is 18.7 Å². The molecular formula is C19H32F2O2. The first kappa shape index (κ1) is 18.7. The molecule has 2 rings (SSSR count). The van der Waals surface area contributed by atoms with E-state index < -0.39 is 12.4 Å². The molecule has 134 valence electrons. The van der Waals surface area contributed by atoms with Crippen LogP contribution in [-0.2, 0) is 4.79 Å². The monoisotopic (exact) mass is 330 g/mol. The maximum absolute atomic E-state index is 13.2. The average Bonchev–Trinajstić information content (AvgIpc) is 2.53. The number of hydrogen-bond donors (Lipinski definition) is 1. The second kappa shape index (κ2) is 8.43. The first-order valence-corrected chi connectivity index (χ1v) is 9.48. The van der Waals surface area contributed by atoms with Gasteiger partial charge in [-0.15, -0.1) is 0 Å². The van der Waals surface area contributed by atoms with E-state index in [1.54, 1.807) is 0 Å². The minimum atomic E-state index is -2.27. The Bertz CT molecular complexity index is 368. The number of rotatable bonds is 7. The van der Waals surface area contributed by atoms with E-state index in [1.807, 2.05) is 0 Å². The van der Waals surface area contributed by atoms with Crippen LogP contribution in [0.3, 0.4) is 0 Å². The van der Waals surface area contributed by atoms with Crippen LogP contribution in [0.5, 0.6) is 0 Å². The third kappa shape index (κ3) is 4.90. The molecule has 1 N–H and O–H groups in total. The van der Waals surface area contributed by atoms with Gasteiger partial charge in [-0.2, -0.15) is 0 Å². The number of hydrogen-bond acceptors (Lipinski definition) is 1. The largest absolute Gasteiger partial charge is 0.481 e. The molecular weight excluding hydrogens is 298 g/mol. The standard InChI is InChI=1S/C19H32F2O2/c1-2-3-4-14-5-7-16(8-6-14)19(13-17(20)21)11-9-15(10-12-19)18(22)23/h14-17H,2-13H2,1H3,(H,22,23)/t14?,15-,16?,19-. The first-order chi connectivity index (χ1) is 11.0. The zero-order chi connectivity index (χ0) is 16.9. The van der Waals surface area contributed by atoms with Crippen LogP contribution >= 0.6 is 0 Å². The van der Waals surface area contributed by atoms with E-state index in [1.165, 1.54) is 32.1 Å². The minimum Gasteiger partial charge on any atom is -0.481 e. The summed E-state index contributed by atoms with van der Waals surface area (Å²) in [6, 6.07) is 0. The predicted octanol–water partition coefficient (Wildman–Crippen LogP) is 5.90. The lowest BCUT2D eigenvalue weighted by atomic mass is 9.57. The van der Waals surface area contributed by atoms with Crippen molar-refractivity contribution in [2.75, 3.05) is 0 Å². The molecule has 2 saturated carbocycles. The van der Waals surface area contributed by atoms with Crippen LogP contribution in [-0.4, -0.2) is 17.5 Å². The fraction of sp³-hybridized carbons (Fsp3) is 0.947. The Hall–Kier alpha value is -0.670. The molecule has 0 radical (unpaired) electrons. The molecule has 0 aromatic rings. The lowest BCUT2D eigenvalue weighted by Crippen LogP contribution is -2.40. The molecule has 0 aromatic heterocycles. The van der Waals surface area contributed by atoms with Crippen LogP contribution in [0.15, 0.2) is 0 Å². The summed E-state index contributed by atoms with van der Waals surface area (Å²) < 4.78 is 26.4. The van der Waals surface area contributed by atoms with Gasteiger partial charge in [0.1, 0.15) is 0 Å². The SMILES string of the molecule is CCCCC1CCC([C@]2(CC(F)F)CC[C@@H](C(=O)O)CC2)CC1. The number of carboxylic acid groups (broad SMARTS) is 1. The van der Waals surface area contributed by atoms with Gasteiger partial charge in [0.25, 0.3) is 0 Å². The zero-order valence-corrected chi connectivity index (χ0v) is 14.4. The third-order valence-corrected chi connectivity index (χ3v) is 6.57. The summed E-state index contributed by atoms with van der Waals surface area (Å²) >= 11 is 0. The van der Waals surface area contributed by atoms with Gasteiger partial charge >= 0.3 is 5.97 Å². The molecule has 0 aliphatic heterocycles. The quantitative estimate of drug-likeness (QED) is 0.631. The molecule has 0 aromatic carbocycles. The maximum atomic E-state index is 13.2. The van der Waals surface area contributed by atoms with Crippen LogP contribution in [0.2, 0.25) is 0 Å². The summed E-state index contributed by atoms with van der Waals surface area (Å²) in [4.78, 5) is 11.2. The van der Waals surface area contributed by atoms with Gasteiger partial charge in [0.05, 0.1) is 5.92 Å². The predicted molar refractivity (Wildman–Crippen MR) is 87.6 cm³/mol. The number of carboxylic acids is 1. The van der Waals surface area contributed by atoms with Crippen molar-refractivity contribution in [1.29, 1.82) is 0 Å². The van der Waals surface area contributed by atoms with Gasteiger partial charge in [-0.25, -0.2) is 8.78 Å². The van der Waals surface area contributed by atoms with Crippen LogP contribution in [0.1, 0.15) is 84.0 Å². The molecule has 2 aliphatic rings. The fourth-order valence-electron chi connectivity index (χ4n) is 5.08. The van der Waals surface area contributed by atoms with Gasteiger partial charge in [0.15, 0.2) is 0 Å². The van der Waals surface area contributed by atoms with E-state index in [2.05, 4.69) is 6.92 Å². The summed E-state index contributed by atoms with van der Waals surface area (Å²) in [5, 5.41) is 9.17. The van der Waals surface area contributed by atoms with E-state index in [0.29, 0.717) is 31.6 Å². The molecule has 0 atom stereocenters. The summed E-state index contributed by atoms with van der Waals surface area (Å²) in [5.74, 6) is 0.0925. The van der Waals surface area contributed by atoms with Crippen molar-refractivity contribution in [2.24, 2.45) is 23.2 Å². The number of aliphatic carboxylic acids is 1. The smallest absolute Gasteiger partial charge is 0.306 e. The second-order valence-corrected chi connectivity index (χ2v) is 7.93. The number of halogens is 2. The lowest BCUT2D eigenvalue weighted by Gasteiger charge is -2.47. The van der Waals surface area contributed by atoms with E-state index >= 15 is 0 Å². The van der Waals surface area contributed by atoms with Crippen molar-refractivity contribution >= 4 is 5.97 Å². The first-order valence-electron chi connectivity index (χ1n) is 9.48. The average molecular weight is 330 g/mol. The highest BCUT2D eigenvalue weighted by Gasteiger charge is 2.45. The minimum absolute atomic E-state index is 0.0242. The second-order valence-electron chi connectivity index (χ2n) is 7.93. The number of unbranched alkanes of at least 4 members (excludes halogenated alkanes) is 1. The Morgan fingerprint density at radius 1 is 1.13 bits per heavy atom. The summed E-state index contributed by atoms with van der Waals surface area (Å²) in [5.41, 5.74) is -0.296. The highest BCUT2D eigenvalue weighted by Crippen LogP contribution is 2.53. The summed E-state index contributed by atoms with van der Waals surface area (Å²) in [7, 11) is 0. The molecule has 0 saturated heterocycles. The Labute approximate surface area is 139 Å².